The van der Waals surface area contributed by atoms with Crippen LogP contribution in [0.15, 0.2) is 55.7 Å². The van der Waals surface area contributed by atoms with Gasteiger partial charge >= 0.3 is 5.69 Å². The summed E-state index contributed by atoms with van der Waals surface area (Å²) in [6, 6.07) is 11.5. The van der Waals surface area contributed by atoms with Gasteiger partial charge in [0.1, 0.15) is 0 Å². The molecule has 0 aliphatic carbocycles. The Bertz CT molecular complexity index is 942. The number of hydrogen-bond donors (Lipinski definition) is 0. The van der Waals surface area contributed by atoms with Gasteiger partial charge in [-0.2, -0.15) is 0 Å². The third kappa shape index (κ3) is 3.30. The van der Waals surface area contributed by atoms with E-state index in [1.807, 2.05) is 35.7 Å². The Morgan fingerprint density at radius 2 is 1.87 bits per heavy atom. The van der Waals surface area contributed by atoms with Gasteiger partial charge in [-0.3, -0.25) is 13.9 Å². The Balaban J connectivity index is 1.79. The van der Waals surface area contributed by atoms with E-state index >= 15 is 0 Å². The lowest BCUT2D eigenvalue weighted by Gasteiger charge is -2.07. The van der Waals surface area contributed by atoms with Gasteiger partial charge in [0.25, 0.3) is 5.56 Å². The lowest BCUT2D eigenvalue weighted by molar-refractivity contribution is 0.665. The zero-order chi connectivity index (χ0) is 16.4. The average Bonchev–Trinajstić information content (AvgIpc) is 3.05. The molecular weight excluding hydrogens is 330 g/mol. The molecule has 3 rings (SSSR count). The lowest BCUT2D eigenvalue weighted by atomic mass is 10.2. The third-order valence-electron chi connectivity index (χ3n) is 3.52. The van der Waals surface area contributed by atoms with Gasteiger partial charge in [0.15, 0.2) is 4.34 Å². The van der Waals surface area contributed by atoms with Crippen molar-refractivity contribution < 1.29 is 0 Å². The number of aromatic nitrogens is 3. The lowest BCUT2D eigenvalue weighted by Crippen LogP contribution is -2.37. The number of benzene rings is 1. The van der Waals surface area contributed by atoms with Crippen LogP contribution in [-0.4, -0.2) is 14.1 Å². The van der Waals surface area contributed by atoms with E-state index in [9.17, 15) is 9.59 Å². The van der Waals surface area contributed by atoms with Crippen molar-refractivity contribution in [3.05, 3.63) is 68.3 Å². The first-order valence-electron chi connectivity index (χ1n) is 6.96. The van der Waals surface area contributed by atoms with Crippen molar-refractivity contribution in [2.45, 2.75) is 10.1 Å². The summed E-state index contributed by atoms with van der Waals surface area (Å²) in [7, 11) is 3.16. The summed E-state index contributed by atoms with van der Waals surface area (Å²) in [4.78, 5) is 28.3. The maximum absolute atomic E-state index is 11.9. The SMILES string of the molecule is Cn1c(CSc2nc(-c3ccccc3)cs2)cc(=O)n(C)c1=O. The molecule has 2 aromatic heterocycles. The Labute approximate surface area is 141 Å². The molecule has 1 aromatic carbocycles. The van der Waals surface area contributed by atoms with Crippen LogP contribution in [0, 0.1) is 0 Å². The van der Waals surface area contributed by atoms with Crippen LogP contribution in [0.2, 0.25) is 0 Å². The zero-order valence-electron chi connectivity index (χ0n) is 12.7. The molecule has 5 nitrogen and oxygen atoms in total. The predicted octanol–water partition coefficient (Wildman–Crippen LogP) is 2.50. The fourth-order valence-corrected chi connectivity index (χ4v) is 3.97. The Morgan fingerprint density at radius 1 is 1.13 bits per heavy atom. The van der Waals surface area contributed by atoms with Crippen molar-refractivity contribution in [1.29, 1.82) is 0 Å². The fourth-order valence-electron chi connectivity index (χ4n) is 2.12. The number of rotatable bonds is 4. The molecule has 3 aromatic rings. The maximum Gasteiger partial charge on any atom is 0.330 e. The van der Waals surface area contributed by atoms with E-state index in [1.165, 1.54) is 29.4 Å². The van der Waals surface area contributed by atoms with Crippen LogP contribution < -0.4 is 11.2 Å². The highest BCUT2D eigenvalue weighted by Crippen LogP contribution is 2.29. The Hall–Kier alpha value is -2.12. The Kier molecular flexibility index (Phi) is 4.49. The zero-order valence-corrected chi connectivity index (χ0v) is 14.4. The van der Waals surface area contributed by atoms with Crippen LogP contribution in [-0.2, 0) is 19.8 Å². The summed E-state index contributed by atoms with van der Waals surface area (Å²) in [6.45, 7) is 0. The molecule has 0 saturated heterocycles. The van der Waals surface area contributed by atoms with E-state index < -0.39 is 0 Å². The van der Waals surface area contributed by atoms with E-state index in [0.717, 1.165) is 20.2 Å². The van der Waals surface area contributed by atoms with Crippen molar-refractivity contribution in [1.82, 2.24) is 14.1 Å². The summed E-state index contributed by atoms with van der Waals surface area (Å²) < 4.78 is 3.52. The molecule has 7 heteroatoms. The van der Waals surface area contributed by atoms with Crippen LogP contribution in [0.1, 0.15) is 5.69 Å². The highest BCUT2D eigenvalue weighted by atomic mass is 32.2. The fraction of sp³-hybridized carbons (Fsp3) is 0.188. The van der Waals surface area contributed by atoms with Gasteiger partial charge in [-0.1, -0.05) is 42.1 Å². The van der Waals surface area contributed by atoms with Gasteiger partial charge in [-0.05, 0) is 0 Å². The second kappa shape index (κ2) is 6.55. The van der Waals surface area contributed by atoms with Crippen molar-refractivity contribution in [2.24, 2.45) is 14.1 Å². The minimum absolute atomic E-state index is 0.284. The van der Waals surface area contributed by atoms with Crippen molar-refractivity contribution in [3.63, 3.8) is 0 Å². The summed E-state index contributed by atoms with van der Waals surface area (Å²) in [5.74, 6) is 0.531. The monoisotopic (exact) mass is 345 g/mol. The highest BCUT2D eigenvalue weighted by Gasteiger charge is 2.09. The summed E-state index contributed by atoms with van der Waals surface area (Å²) in [5, 5.41) is 2.01. The van der Waals surface area contributed by atoms with Gasteiger partial charge < -0.3 is 0 Å². The van der Waals surface area contributed by atoms with Crippen LogP contribution in [0.25, 0.3) is 11.3 Å². The minimum atomic E-state index is -0.308. The van der Waals surface area contributed by atoms with Crippen LogP contribution in [0.3, 0.4) is 0 Å². The molecule has 0 fully saturated rings. The van der Waals surface area contributed by atoms with Gasteiger partial charge in [0.05, 0.1) is 5.69 Å². The average molecular weight is 345 g/mol. The topological polar surface area (TPSA) is 56.9 Å². The summed E-state index contributed by atoms with van der Waals surface area (Å²) in [5.41, 5.74) is 2.12. The van der Waals surface area contributed by atoms with Crippen molar-refractivity contribution in [3.8, 4) is 11.3 Å². The summed E-state index contributed by atoms with van der Waals surface area (Å²) >= 11 is 3.09. The minimum Gasteiger partial charge on any atom is -0.300 e. The summed E-state index contributed by atoms with van der Waals surface area (Å²) in [6.07, 6.45) is 0. The highest BCUT2D eigenvalue weighted by molar-refractivity contribution is 8.00. The van der Waals surface area contributed by atoms with E-state index in [1.54, 1.807) is 18.4 Å². The molecule has 118 valence electrons. The van der Waals surface area contributed by atoms with E-state index in [0.29, 0.717) is 11.4 Å². The molecule has 0 unspecified atom stereocenters. The van der Waals surface area contributed by atoms with Crippen LogP contribution in [0.5, 0.6) is 0 Å². The van der Waals surface area contributed by atoms with Gasteiger partial charge in [0.2, 0.25) is 0 Å². The second-order valence-corrected chi connectivity index (χ2v) is 7.11. The molecule has 0 spiro atoms. The molecule has 0 saturated carbocycles. The number of thioether (sulfide) groups is 1. The first-order chi connectivity index (χ1) is 11.1. The number of hydrogen-bond acceptors (Lipinski definition) is 5. The number of thiazole rings is 1. The second-order valence-electron chi connectivity index (χ2n) is 5.03. The first kappa shape index (κ1) is 15.8. The quantitative estimate of drug-likeness (QED) is 0.682. The van der Waals surface area contributed by atoms with Gasteiger partial charge in [0, 0.05) is 42.6 Å². The maximum atomic E-state index is 11.9. The van der Waals surface area contributed by atoms with Gasteiger partial charge in [-0.25, -0.2) is 9.78 Å². The van der Waals surface area contributed by atoms with Crippen LogP contribution in [0.4, 0.5) is 0 Å². The first-order valence-corrected chi connectivity index (χ1v) is 8.82. The normalized spacial score (nSPS) is 10.9. The molecule has 0 aliphatic heterocycles. The van der Waals surface area contributed by atoms with Crippen molar-refractivity contribution >= 4 is 23.1 Å². The molecule has 0 bridgehead atoms. The smallest absolute Gasteiger partial charge is 0.300 e. The molecular formula is C16H15N3O2S2. The van der Waals surface area contributed by atoms with E-state index in [-0.39, 0.29) is 11.2 Å². The molecule has 2 heterocycles. The molecule has 23 heavy (non-hydrogen) atoms. The molecule has 0 aliphatic rings. The molecule has 0 atom stereocenters. The van der Waals surface area contributed by atoms with Gasteiger partial charge in [-0.15, -0.1) is 11.3 Å². The molecule has 0 radical (unpaired) electrons. The Morgan fingerprint density at radius 3 is 2.61 bits per heavy atom. The van der Waals surface area contributed by atoms with Crippen LogP contribution >= 0.6 is 23.1 Å². The van der Waals surface area contributed by atoms with E-state index in [4.69, 9.17) is 0 Å². The molecule has 0 N–H and O–H groups in total. The third-order valence-corrected chi connectivity index (χ3v) is 5.58. The predicted molar refractivity (Wildman–Crippen MR) is 94.0 cm³/mol. The van der Waals surface area contributed by atoms with E-state index in [2.05, 4.69) is 4.98 Å². The largest absolute Gasteiger partial charge is 0.330 e. The van der Waals surface area contributed by atoms with Crippen molar-refractivity contribution in [2.75, 3.05) is 0 Å². The standard InChI is InChI=1S/C16H15N3O2S2/c1-18-12(8-14(20)19(2)16(18)21)9-22-15-17-13(10-23-15)11-6-4-3-5-7-11/h3-8,10H,9H2,1-2H3. The molecule has 0 amide bonds. The number of nitrogens with zero attached hydrogens (tertiary/aromatic N) is 3.